The lowest BCUT2D eigenvalue weighted by Crippen LogP contribution is -2.57. The highest BCUT2D eigenvalue weighted by atomic mass is 19.1. The molecule has 4 atom stereocenters. The second kappa shape index (κ2) is 9.31. The van der Waals surface area contributed by atoms with Gasteiger partial charge in [0.15, 0.2) is 0 Å². The van der Waals surface area contributed by atoms with Gasteiger partial charge in [-0.3, -0.25) is 14.9 Å². The highest BCUT2D eigenvalue weighted by Gasteiger charge is 2.43. The quantitative estimate of drug-likeness (QED) is 0.666. The van der Waals surface area contributed by atoms with Crippen LogP contribution in [0.1, 0.15) is 47.2 Å². The van der Waals surface area contributed by atoms with Crippen LogP contribution in [0.2, 0.25) is 0 Å². The minimum Gasteiger partial charge on any atom is -0.342 e. The maximum absolute atomic E-state index is 13.2. The van der Waals surface area contributed by atoms with Crippen molar-refractivity contribution in [1.29, 1.82) is 0 Å². The predicted octanol–water partition coefficient (Wildman–Crippen LogP) is 3.41. The molecule has 33 heavy (non-hydrogen) atoms. The van der Waals surface area contributed by atoms with E-state index in [1.807, 2.05) is 31.0 Å². The van der Waals surface area contributed by atoms with Gasteiger partial charge in [0.05, 0.1) is 5.92 Å². The Bertz CT molecular complexity index is 1070. The number of amides is 4. The zero-order valence-electron chi connectivity index (χ0n) is 19.0. The third-order valence-electron chi connectivity index (χ3n) is 6.80. The van der Waals surface area contributed by atoms with Crippen molar-refractivity contribution in [2.75, 3.05) is 18.9 Å². The molecule has 174 valence electrons. The van der Waals surface area contributed by atoms with E-state index < -0.39 is 17.8 Å². The van der Waals surface area contributed by atoms with Crippen LogP contribution in [0, 0.1) is 18.7 Å². The normalized spacial score (nSPS) is 24.7. The standard InChI is InChI=1S/C25H29FN4O3/c1-14-4-9-19(28-25(33)29-23(31)16-5-7-18(26)8-6-16)12-20(14)21-11-17-13-27-15(2)10-22(17)30(3)24(21)32/h4-9,12,15,17,21-22,27H,10-11,13H2,1-3H3,(H2,28,29,31,33). The lowest BCUT2D eigenvalue weighted by Gasteiger charge is -2.47. The zero-order chi connectivity index (χ0) is 23.7. The van der Waals surface area contributed by atoms with Crippen LogP contribution in [0.4, 0.5) is 14.9 Å². The molecule has 2 aliphatic heterocycles. The number of urea groups is 1. The summed E-state index contributed by atoms with van der Waals surface area (Å²) >= 11 is 0. The van der Waals surface area contributed by atoms with E-state index >= 15 is 0 Å². The molecule has 0 radical (unpaired) electrons. The van der Waals surface area contributed by atoms with E-state index in [1.54, 1.807) is 6.07 Å². The fourth-order valence-corrected chi connectivity index (χ4v) is 4.95. The van der Waals surface area contributed by atoms with E-state index in [0.717, 1.165) is 42.6 Å². The monoisotopic (exact) mass is 452 g/mol. The van der Waals surface area contributed by atoms with Gasteiger partial charge in [-0.05, 0) is 80.1 Å². The molecule has 2 fully saturated rings. The summed E-state index contributed by atoms with van der Waals surface area (Å²) in [5.41, 5.74) is 2.53. The minimum absolute atomic E-state index is 0.0986. The maximum Gasteiger partial charge on any atom is 0.326 e. The molecule has 3 N–H and O–H groups in total. The number of aryl methyl sites for hydroxylation is 1. The van der Waals surface area contributed by atoms with Crippen molar-refractivity contribution in [3.05, 3.63) is 65.0 Å². The number of carbonyl (C=O) groups is 3. The van der Waals surface area contributed by atoms with Crippen molar-refractivity contribution in [1.82, 2.24) is 15.5 Å². The number of hydrogen-bond donors (Lipinski definition) is 3. The van der Waals surface area contributed by atoms with Crippen molar-refractivity contribution >= 4 is 23.5 Å². The highest BCUT2D eigenvalue weighted by Crippen LogP contribution is 2.39. The average molecular weight is 453 g/mol. The molecular weight excluding hydrogens is 423 g/mol. The molecule has 0 aromatic heterocycles. The van der Waals surface area contributed by atoms with E-state index in [-0.39, 0.29) is 23.4 Å². The average Bonchev–Trinajstić information content (AvgIpc) is 2.78. The van der Waals surface area contributed by atoms with E-state index in [1.165, 1.54) is 12.1 Å². The number of likely N-dealkylation sites (N-methyl/N-ethyl adjacent to an activating group) is 1. The van der Waals surface area contributed by atoms with Crippen LogP contribution in [0.5, 0.6) is 0 Å². The van der Waals surface area contributed by atoms with Gasteiger partial charge >= 0.3 is 6.03 Å². The van der Waals surface area contributed by atoms with Gasteiger partial charge < -0.3 is 15.5 Å². The number of carbonyl (C=O) groups excluding carboxylic acids is 3. The Balaban J connectivity index is 1.47. The van der Waals surface area contributed by atoms with Crippen LogP contribution in [-0.4, -0.2) is 48.4 Å². The fourth-order valence-electron chi connectivity index (χ4n) is 4.95. The molecule has 2 aromatic carbocycles. The maximum atomic E-state index is 13.2. The molecule has 4 unspecified atom stereocenters. The minimum atomic E-state index is -0.697. The van der Waals surface area contributed by atoms with Gasteiger partial charge in [0, 0.05) is 36.9 Å². The second-order valence-corrected chi connectivity index (χ2v) is 9.10. The number of piperidine rings is 2. The second-order valence-electron chi connectivity index (χ2n) is 9.10. The number of hydrogen-bond acceptors (Lipinski definition) is 4. The Labute approximate surface area is 192 Å². The molecule has 2 heterocycles. The number of imide groups is 1. The third-order valence-corrected chi connectivity index (χ3v) is 6.80. The number of benzene rings is 2. The van der Waals surface area contributed by atoms with Crippen LogP contribution in [0.3, 0.4) is 0 Å². The van der Waals surface area contributed by atoms with Crippen molar-refractivity contribution in [2.24, 2.45) is 5.92 Å². The van der Waals surface area contributed by atoms with Crippen LogP contribution in [0.25, 0.3) is 0 Å². The summed E-state index contributed by atoms with van der Waals surface area (Å²) in [4.78, 5) is 39.7. The summed E-state index contributed by atoms with van der Waals surface area (Å²) in [7, 11) is 1.89. The first kappa shape index (κ1) is 22.9. The van der Waals surface area contributed by atoms with Crippen molar-refractivity contribution in [3.8, 4) is 0 Å². The lowest BCUT2D eigenvalue weighted by molar-refractivity contribution is -0.140. The third kappa shape index (κ3) is 4.90. The summed E-state index contributed by atoms with van der Waals surface area (Å²) in [6.45, 7) is 4.98. The molecule has 4 amide bonds. The summed E-state index contributed by atoms with van der Waals surface area (Å²) < 4.78 is 13.0. The molecular formula is C25H29FN4O3. The van der Waals surface area contributed by atoms with E-state index in [9.17, 15) is 18.8 Å². The molecule has 7 nitrogen and oxygen atoms in total. The summed E-state index contributed by atoms with van der Waals surface area (Å²) in [5, 5.41) is 8.43. The molecule has 0 bridgehead atoms. The number of fused-ring (bicyclic) bond motifs is 1. The Morgan fingerprint density at radius 1 is 1.12 bits per heavy atom. The molecule has 2 aliphatic rings. The van der Waals surface area contributed by atoms with Gasteiger partial charge in [0.1, 0.15) is 5.82 Å². The Kier molecular flexibility index (Phi) is 6.47. The topological polar surface area (TPSA) is 90.5 Å². The Hall–Kier alpha value is -3.26. The molecule has 0 aliphatic carbocycles. The first-order chi connectivity index (χ1) is 15.7. The number of nitrogens with one attached hydrogen (secondary N) is 3. The first-order valence-electron chi connectivity index (χ1n) is 11.2. The van der Waals surface area contributed by atoms with Gasteiger partial charge in [-0.2, -0.15) is 0 Å². The van der Waals surface area contributed by atoms with E-state index in [0.29, 0.717) is 17.6 Å². The van der Waals surface area contributed by atoms with Crippen LogP contribution >= 0.6 is 0 Å². The van der Waals surface area contributed by atoms with Crippen LogP contribution in [-0.2, 0) is 4.79 Å². The lowest BCUT2D eigenvalue weighted by atomic mass is 9.75. The van der Waals surface area contributed by atoms with Gasteiger partial charge in [0.25, 0.3) is 5.91 Å². The highest BCUT2D eigenvalue weighted by molar-refractivity contribution is 6.08. The largest absolute Gasteiger partial charge is 0.342 e. The smallest absolute Gasteiger partial charge is 0.326 e. The van der Waals surface area contributed by atoms with Gasteiger partial charge in [-0.1, -0.05) is 6.07 Å². The summed E-state index contributed by atoms with van der Waals surface area (Å²) in [5.74, 6) is -0.898. The van der Waals surface area contributed by atoms with Crippen molar-refractivity contribution < 1.29 is 18.8 Å². The Morgan fingerprint density at radius 2 is 1.85 bits per heavy atom. The summed E-state index contributed by atoms with van der Waals surface area (Å²) in [6, 6.07) is 10.3. The van der Waals surface area contributed by atoms with Crippen LogP contribution in [0.15, 0.2) is 42.5 Å². The number of likely N-dealkylation sites (tertiary alicyclic amines) is 1. The molecule has 2 saturated heterocycles. The number of nitrogens with zero attached hydrogens (tertiary/aromatic N) is 1. The van der Waals surface area contributed by atoms with Crippen LogP contribution < -0.4 is 16.0 Å². The SMILES string of the molecule is Cc1ccc(NC(=O)NC(=O)c2ccc(F)cc2)cc1C1CC2CNC(C)CC2N(C)C1=O. The molecule has 8 heteroatoms. The van der Waals surface area contributed by atoms with E-state index in [2.05, 4.69) is 22.9 Å². The van der Waals surface area contributed by atoms with Crippen molar-refractivity contribution in [2.45, 2.75) is 44.7 Å². The predicted molar refractivity (Wildman–Crippen MR) is 124 cm³/mol. The molecule has 4 rings (SSSR count). The van der Waals surface area contributed by atoms with Crippen molar-refractivity contribution in [3.63, 3.8) is 0 Å². The number of anilines is 1. The van der Waals surface area contributed by atoms with Gasteiger partial charge in [-0.15, -0.1) is 0 Å². The molecule has 0 spiro atoms. The number of halogens is 1. The number of rotatable bonds is 3. The molecule has 2 aromatic rings. The zero-order valence-corrected chi connectivity index (χ0v) is 19.0. The van der Waals surface area contributed by atoms with E-state index in [4.69, 9.17) is 0 Å². The Morgan fingerprint density at radius 3 is 2.58 bits per heavy atom. The fraction of sp³-hybridized carbons (Fsp3) is 0.400. The van der Waals surface area contributed by atoms with Gasteiger partial charge in [-0.25, -0.2) is 9.18 Å². The first-order valence-corrected chi connectivity index (χ1v) is 11.2. The van der Waals surface area contributed by atoms with Gasteiger partial charge in [0.2, 0.25) is 5.91 Å². The summed E-state index contributed by atoms with van der Waals surface area (Å²) in [6.07, 6.45) is 1.70. The molecule has 0 saturated carbocycles.